The molecule has 29 heavy (non-hydrogen) atoms. The summed E-state index contributed by atoms with van der Waals surface area (Å²) in [5.74, 6) is 0.821. The number of nitrogens with one attached hydrogen (secondary N) is 2. The largest absolute Gasteiger partial charge is 0.378 e. The van der Waals surface area contributed by atoms with Gasteiger partial charge in [-0.1, -0.05) is 35.9 Å². The summed E-state index contributed by atoms with van der Waals surface area (Å²) in [6.07, 6.45) is 2.67. The summed E-state index contributed by atoms with van der Waals surface area (Å²) in [6.45, 7) is 7.71. The van der Waals surface area contributed by atoms with Crippen molar-refractivity contribution < 1.29 is 4.74 Å². The van der Waals surface area contributed by atoms with E-state index >= 15 is 0 Å². The number of benzene rings is 1. The second-order valence-electron chi connectivity index (χ2n) is 6.59. The molecule has 1 aliphatic rings. The van der Waals surface area contributed by atoms with Gasteiger partial charge in [-0.3, -0.25) is 0 Å². The molecule has 2 N–H and O–H groups in total. The van der Waals surface area contributed by atoms with Crippen LogP contribution < -0.4 is 15.5 Å². The molecule has 0 radical (unpaired) electrons. The van der Waals surface area contributed by atoms with Gasteiger partial charge in [-0.2, -0.15) is 0 Å². The van der Waals surface area contributed by atoms with Crippen LogP contribution in [0.15, 0.2) is 47.6 Å². The smallest absolute Gasteiger partial charge is 0.191 e. The molecule has 0 unspecified atom stereocenters. The van der Waals surface area contributed by atoms with Crippen LogP contribution in [0.25, 0.3) is 0 Å². The van der Waals surface area contributed by atoms with Crippen LogP contribution in [0.1, 0.15) is 18.1 Å². The van der Waals surface area contributed by atoms with Crippen LogP contribution in [0.3, 0.4) is 0 Å². The number of ether oxygens (including phenoxy) is 1. The molecule has 6 nitrogen and oxygen atoms in total. The predicted molar refractivity (Wildman–Crippen MR) is 131 cm³/mol. The molecule has 1 aliphatic heterocycles. The Labute approximate surface area is 195 Å². The van der Waals surface area contributed by atoms with Gasteiger partial charge in [-0.15, -0.1) is 24.0 Å². The molecule has 1 aromatic carbocycles. The van der Waals surface area contributed by atoms with Crippen LogP contribution in [-0.4, -0.2) is 50.3 Å². The van der Waals surface area contributed by atoms with Crippen molar-refractivity contribution in [2.24, 2.45) is 4.99 Å². The number of aromatic nitrogens is 1. The zero-order chi connectivity index (χ0) is 19.6. The molecule has 2 aromatic rings. The van der Waals surface area contributed by atoms with Crippen LogP contribution in [0.5, 0.6) is 0 Å². The minimum Gasteiger partial charge on any atom is -0.378 e. The number of morpholine rings is 1. The lowest BCUT2D eigenvalue weighted by Gasteiger charge is -2.30. The summed E-state index contributed by atoms with van der Waals surface area (Å²) >= 11 is 5.84. The number of aliphatic imine (C=N–C) groups is 1. The Morgan fingerprint density at radius 3 is 2.69 bits per heavy atom. The van der Waals surface area contributed by atoms with Gasteiger partial charge in [0, 0.05) is 38.1 Å². The van der Waals surface area contributed by atoms with E-state index in [9.17, 15) is 0 Å². The first-order valence-electron chi connectivity index (χ1n) is 9.79. The van der Waals surface area contributed by atoms with E-state index in [-0.39, 0.29) is 24.0 Å². The highest BCUT2D eigenvalue weighted by molar-refractivity contribution is 14.0. The Kier molecular flexibility index (Phi) is 10.5. The lowest BCUT2D eigenvalue weighted by atomic mass is 10.1. The molecule has 0 atom stereocenters. The summed E-state index contributed by atoms with van der Waals surface area (Å²) in [5.41, 5.74) is 3.62. The number of nitrogens with zero attached hydrogens (tertiary/aromatic N) is 3. The normalized spacial score (nSPS) is 14.3. The van der Waals surface area contributed by atoms with Crippen molar-refractivity contribution in [2.45, 2.75) is 19.9 Å². The molecule has 0 spiro atoms. The first kappa shape index (κ1) is 23.7. The Balaban J connectivity index is 0.00000300. The molecular formula is C21H29ClIN5O. The van der Waals surface area contributed by atoms with Gasteiger partial charge < -0.3 is 20.3 Å². The van der Waals surface area contributed by atoms with Crippen LogP contribution in [-0.2, 0) is 17.7 Å². The van der Waals surface area contributed by atoms with Crippen molar-refractivity contribution in [3.05, 3.63) is 58.9 Å². The molecule has 1 aromatic heterocycles. The van der Waals surface area contributed by atoms with Gasteiger partial charge in [-0.25, -0.2) is 9.98 Å². The number of guanidine groups is 1. The maximum Gasteiger partial charge on any atom is 0.191 e. The van der Waals surface area contributed by atoms with Gasteiger partial charge in [0.15, 0.2) is 5.96 Å². The van der Waals surface area contributed by atoms with Crippen molar-refractivity contribution in [3.8, 4) is 0 Å². The molecule has 1 saturated heterocycles. The van der Waals surface area contributed by atoms with Crippen molar-refractivity contribution in [1.29, 1.82) is 0 Å². The number of para-hydroxylation sites is 1. The SMILES string of the molecule is CCNC(=NCc1ccccc1N1CCOCC1)NCCc1ccc(Cl)nc1.I. The van der Waals surface area contributed by atoms with Gasteiger partial charge in [0.05, 0.1) is 19.8 Å². The van der Waals surface area contributed by atoms with Gasteiger partial charge in [0.1, 0.15) is 5.15 Å². The molecule has 0 saturated carbocycles. The standard InChI is InChI=1S/C21H28ClN5O.HI/c1-2-23-21(24-10-9-17-7-8-20(22)25-15-17)26-16-18-5-3-4-6-19(18)27-11-13-28-14-12-27;/h3-8,15H,2,9-14,16H2,1H3,(H2,23,24,26);1H. The van der Waals surface area contributed by atoms with Crippen molar-refractivity contribution in [3.63, 3.8) is 0 Å². The molecule has 8 heteroatoms. The highest BCUT2D eigenvalue weighted by Gasteiger charge is 2.14. The molecule has 1 fully saturated rings. The van der Waals surface area contributed by atoms with Crippen LogP contribution in [0.4, 0.5) is 5.69 Å². The first-order chi connectivity index (χ1) is 13.8. The molecule has 158 valence electrons. The van der Waals surface area contributed by atoms with E-state index in [1.807, 2.05) is 18.3 Å². The van der Waals surface area contributed by atoms with E-state index in [1.165, 1.54) is 11.3 Å². The summed E-state index contributed by atoms with van der Waals surface area (Å²) in [5, 5.41) is 7.23. The first-order valence-corrected chi connectivity index (χ1v) is 10.2. The minimum absolute atomic E-state index is 0. The lowest BCUT2D eigenvalue weighted by molar-refractivity contribution is 0.122. The summed E-state index contributed by atoms with van der Waals surface area (Å²) in [4.78, 5) is 11.3. The van der Waals surface area contributed by atoms with Crippen molar-refractivity contribution >= 4 is 47.2 Å². The highest BCUT2D eigenvalue weighted by atomic mass is 127. The lowest BCUT2D eigenvalue weighted by Crippen LogP contribution is -2.38. The fourth-order valence-electron chi connectivity index (χ4n) is 3.14. The Morgan fingerprint density at radius 1 is 1.17 bits per heavy atom. The zero-order valence-corrected chi connectivity index (χ0v) is 19.8. The molecule has 3 rings (SSSR count). The Morgan fingerprint density at radius 2 is 1.97 bits per heavy atom. The van der Waals surface area contributed by atoms with Crippen molar-refractivity contribution in [1.82, 2.24) is 15.6 Å². The number of anilines is 1. The predicted octanol–water partition coefficient (Wildman–Crippen LogP) is 3.49. The average Bonchev–Trinajstić information content (AvgIpc) is 2.74. The molecular weight excluding hydrogens is 501 g/mol. The number of hydrogen-bond acceptors (Lipinski definition) is 4. The third-order valence-electron chi connectivity index (χ3n) is 4.59. The summed E-state index contributed by atoms with van der Waals surface area (Å²) in [6, 6.07) is 12.3. The number of pyridine rings is 1. The summed E-state index contributed by atoms with van der Waals surface area (Å²) < 4.78 is 5.48. The monoisotopic (exact) mass is 529 g/mol. The van der Waals surface area contributed by atoms with E-state index < -0.39 is 0 Å². The van der Waals surface area contributed by atoms with Crippen molar-refractivity contribution in [2.75, 3.05) is 44.3 Å². The van der Waals surface area contributed by atoms with Crippen LogP contribution in [0.2, 0.25) is 5.15 Å². The third-order valence-corrected chi connectivity index (χ3v) is 4.81. The quantitative estimate of drug-likeness (QED) is 0.249. The Bertz CT molecular complexity index is 766. The van der Waals surface area contributed by atoms with E-state index in [0.29, 0.717) is 11.7 Å². The maximum atomic E-state index is 5.84. The highest BCUT2D eigenvalue weighted by Crippen LogP contribution is 2.22. The average molecular weight is 530 g/mol. The molecule has 0 amide bonds. The third kappa shape index (κ3) is 7.64. The van der Waals surface area contributed by atoms with Crippen LogP contribution >= 0.6 is 35.6 Å². The van der Waals surface area contributed by atoms with E-state index in [1.54, 1.807) is 0 Å². The van der Waals surface area contributed by atoms with Gasteiger partial charge in [0.2, 0.25) is 0 Å². The van der Waals surface area contributed by atoms with E-state index in [2.05, 4.69) is 51.7 Å². The minimum atomic E-state index is 0. The second-order valence-corrected chi connectivity index (χ2v) is 6.98. The molecule has 0 bridgehead atoms. The molecule has 0 aliphatic carbocycles. The van der Waals surface area contributed by atoms with Crippen LogP contribution in [0, 0.1) is 0 Å². The number of rotatable bonds is 7. The van der Waals surface area contributed by atoms with Gasteiger partial charge >= 0.3 is 0 Å². The summed E-state index contributed by atoms with van der Waals surface area (Å²) in [7, 11) is 0. The second kappa shape index (κ2) is 12.9. The van der Waals surface area contributed by atoms with Gasteiger partial charge in [0.25, 0.3) is 0 Å². The Hall–Kier alpha value is -1.58. The maximum absolute atomic E-state index is 5.84. The zero-order valence-electron chi connectivity index (χ0n) is 16.7. The number of hydrogen-bond donors (Lipinski definition) is 2. The molecule has 2 heterocycles. The number of halogens is 2. The van der Waals surface area contributed by atoms with E-state index in [0.717, 1.165) is 57.3 Å². The fourth-order valence-corrected chi connectivity index (χ4v) is 3.25. The fraction of sp³-hybridized carbons (Fsp3) is 0.429. The van der Waals surface area contributed by atoms with E-state index in [4.69, 9.17) is 21.3 Å². The topological polar surface area (TPSA) is 61.8 Å². The van der Waals surface area contributed by atoms with Gasteiger partial charge in [-0.05, 0) is 36.6 Å².